The van der Waals surface area contributed by atoms with Crippen molar-refractivity contribution in [3.8, 4) is 0 Å². The van der Waals surface area contributed by atoms with Crippen molar-refractivity contribution >= 4 is 5.91 Å². The zero-order chi connectivity index (χ0) is 9.10. The zero-order valence-electron chi connectivity index (χ0n) is 7.36. The van der Waals surface area contributed by atoms with Crippen LogP contribution in [0.4, 0.5) is 0 Å². The fraction of sp³-hybridized carbons (Fsp3) is 0.400. The third-order valence-electron chi connectivity index (χ3n) is 2.44. The molecule has 2 rings (SSSR count). The SMILES string of the molecule is O=C1CCC(c2ccncc2)CN1. The Morgan fingerprint density at radius 1 is 1.38 bits per heavy atom. The van der Waals surface area contributed by atoms with E-state index in [2.05, 4.69) is 10.3 Å². The van der Waals surface area contributed by atoms with Gasteiger partial charge < -0.3 is 5.32 Å². The quantitative estimate of drug-likeness (QED) is 0.695. The van der Waals surface area contributed by atoms with Gasteiger partial charge in [-0.3, -0.25) is 9.78 Å². The summed E-state index contributed by atoms with van der Waals surface area (Å²) in [6.07, 6.45) is 5.19. The van der Waals surface area contributed by atoms with Crippen LogP contribution in [-0.4, -0.2) is 17.4 Å². The third-order valence-corrected chi connectivity index (χ3v) is 2.44. The average molecular weight is 176 g/mol. The van der Waals surface area contributed by atoms with Gasteiger partial charge in [0, 0.05) is 31.3 Å². The van der Waals surface area contributed by atoms with Crippen LogP contribution >= 0.6 is 0 Å². The fourth-order valence-electron chi connectivity index (χ4n) is 1.65. The van der Waals surface area contributed by atoms with Gasteiger partial charge in [0.1, 0.15) is 0 Å². The summed E-state index contributed by atoms with van der Waals surface area (Å²) < 4.78 is 0. The molecule has 1 N–H and O–H groups in total. The van der Waals surface area contributed by atoms with Crippen LogP contribution in [0.3, 0.4) is 0 Å². The molecular formula is C10H12N2O. The molecule has 68 valence electrons. The number of amides is 1. The van der Waals surface area contributed by atoms with Crippen molar-refractivity contribution in [2.24, 2.45) is 0 Å². The summed E-state index contributed by atoms with van der Waals surface area (Å²) in [6.45, 7) is 0.767. The lowest BCUT2D eigenvalue weighted by molar-refractivity contribution is -0.122. The molecule has 0 aliphatic carbocycles. The van der Waals surface area contributed by atoms with Crippen molar-refractivity contribution in [2.45, 2.75) is 18.8 Å². The minimum absolute atomic E-state index is 0.172. The Morgan fingerprint density at radius 3 is 2.77 bits per heavy atom. The lowest BCUT2D eigenvalue weighted by Gasteiger charge is -2.22. The van der Waals surface area contributed by atoms with Gasteiger partial charge in [0.15, 0.2) is 0 Å². The Morgan fingerprint density at radius 2 is 2.15 bits per heavy atom. The molecule has 3 heteroatoms. The van der Waals surface area contributed by atoms with Crippen molar-refractivity contribution < 1.29 is 4.79 Å². The highest BCUT2D eigenvalue weighted by Crippen LogP contribution is 2.22. The number of aromatic nitrogens is 1. The molecule has 1 aliphatic rings. The Balaban J connectivity index is 2.07. The maximum atomic E-state index is 10.9. The van der Waals surface area contributed by atoms with E-state index in [1.807, 2.05) is 12.1 Å². The summed E-state index contributed by atoms with van der Waals surface area (Å²) in [7, 11) is 0. The number of carbonyl (C=O) groups is 1. The van der Waals surface area contributed by atoms with Crippen LogP contribution < -0.4 is 5.32 Å². The van der Waals surface area contributed by atoms with Crippen molar-refractivity contribution in [2.75, 3.05) is 6.54 Å². The number of pyridine rings is 1. The van der Waals surface area contributed by atoms with E-state index < -0.39 is 0 Å². The first-order chi connectivity index (χ1) is 6.36. The first-order valence-electron chi connectivity index (χ1n) is 4.53. The van der Waals surface area contributed by atoms with E-state index in [0.29, 0.717) is 12.3 Å². The second-order valence-electron chi connectivity index (χ2n) is 3.32. The highest BCUT2D eigenvalue weighted by Gasteiger charge is 2.18. The van der Waals surface area contributed by atoms with Crippen LogP contribution in [0.1, 0.15) is 24.3 Å². The Bertz CT molecular complexity index is 287. The number of rotatable bonds is 1. The first kappa shape index (κ1) is 8.23. The molecule has 1 amide bonds. The second-order valence-corrected chi connectivity index (χ2v) is 3.32. The molecule has 2 heterocycles. The minimum atomic E-state index is 0.172. The second kappa shape index (κ2) is 3.56. The molecular weight excluding hydrogens is 164 g/mol. The topological polar surface area (TPSA) is 42.0 Å². The zero-order valence-corrected chi connectivity index (χ0v) is 7.36. The highest BCUT2D eigenvalue weighted by molar-refractivity contribution is 5.76. The summed E-state index contributed by atoms with van der Waals surface area (Å²) in [4.78, 5) is 14.9. The fourth-order valence-corrected chi connectivity index (χ4v) is 1.65. The third kappa shape index (κ3) is 1.86. The predicted octanol–water partition coefficient (Wildman–Crippen LogP) is 1.08. The number of hydrogen-bond acceptors (Lipinski definition) is 2. The van der Waals surface area contributed by atoms with Crippen LogP contribution in [0.15, 0.2) is 24.5 Å². The Hall–Kier alpha value is -1.38. The summed E-state index contributed by atoms with van der Waals surface area (Å²) in [6, 6.07) is 4.03. The van der Waals surface area contributed by atoms with Crippen molar-refractivity contribution in [3.63, 3.8) is 0 Å². The van der Waals surface area contributed by atoms with E-state index in [-0.39, 0.29) is 5.91 Å². The largest absolute Gasteiger partial charge is 0.355 e. The summed E-state index contributed by atoms with van der Waals surface area (Å²) in [5.74, 6) is 0.644. The van der Waals surface area contributed by atoms with Gasteiger partial charge in [-0.25, -0.2) is 0 Å². The van der Waals surface area contributed by atoms with Gasteiger partial charge in [-0.1, -0.05) is 0 Å². The monoisotopic (exact) mass is 176 g/mol. The molecule has 0 bridgehead atoms. The maximum absolute atomic E-state index is 10.9. The van der Waals surface area contributed by atoms with Crippen molar-refractivity contribution in [3.05, 3.63) is 30.1 Å². The van der Waals surface area contributed by atoms with E-state index in [1.165, 1.54) is 5.56 Å². The predicted molar refractivity (Wildman–Crippen MR) is 49.2 cm³/mol. The van der Waals surface area contributed by atoms with Crippen molar-refractivity contribution in [1.82, 2.24) is 10.3 Å². The number of nitrogens with zero attached hydrogens (tertiary/aromatic N) is 1. The Kier molecular flexibility index (Phi) is 2.25. The first-order valence-corrected chi connectivity index (χ1v) is 4.53. The molecule has 1 saturated heterocycles. The molecule has 0 aromatic carbocycles. The van der Waals surface area contributed by atoms with Crippen molar-refractivity contribution in [1.29, 1.82) is 0 Å². The van der Waals surface area contributed by atoms with Gasteiger partial charge in [0.05, 0.1) is 0 Å². The lowest BCUT2D eigenvalue weighted by atomic mass is 9.92. The van der Waals surface area contributed by atoms with Gasteiger partial charge in [-0.2, -0.15) is 0 Å². The molecule has 1 unspecified atom stereocenters. The minimum Gasteiger partial charge on any atom is -0.355 e. The van der Waals surface area contributed by atoms with E-state index in [4.69, 9.17) is 0 Å². The molecule has 0 saturated carbocycles. The summed E-state index contributed by atoms with van der Waals surface area (Å²) >= 11 is 0. The average Bonchev–Trinajstić information content (AvgIpc) is 2.20. The van der Waals surface area contributed by atoms with Gasteiger partial charge in [0.2, 0.25) is 5.91 Å². The molecule has 1 fully saturated rings. The highest BCUT2D eigenvalue weighted by atomic mass is 16.1. The maximum Gasteiger partial charge on any atom is 0.220 e. The van der Waals surface area contributed by atoms with Crippen LogP contribution in [0.25, 0.3) is 0 Å². The van der Waals surface area contributed by atoms with E-state index in [0.717, 1.165) is 13.0 Å². The van der Waals surface area contributed by atoms with E-state index in [9.17, 15) is 4.79 Å². The number of carbonyl (C=O) groups excluding carboxylic acids is 1. The number of piperidine rings is 1. The molecule has 1 atom stereocenters. The van der Waals surface area contributed by atoms with Crippen LogP contribution in [0.2, 0.25) is 0 Å². The van der Waals surface area contributed by atoms with E-state index >= 15 is 0 Å². The standard InChI is InChI=1S/C10H12N2O/c13-10-2-1-9(7-12-10)8-3-5-11-6-4-8/h3-6,9H,1-2,7H2,(H,12,13). The molecule has 1 aromatic rings. The molecule has 1 aliphatic heterocycles. The summed E-state index contributed by atoms with van der Waals surface area (Å²) in [5.41, 5.74) is 1.27. The smallest absolute Gasteiger partial charge is 0.220 e. The van der Waals surface area contributed by atoms with Gasteiger partial charge >= 0.3 is 0 Å². The van der Waals surface area contributed by atoms with Gasteiger partial charge in [-0.05, 0) is 24.1 Å². The van der Waals surface area contributed by atoms with Gasteiger partial charge in [-0.15, -0.1) is 0 Å². The van der Waals surface area contributed by atoms with Crippen LogP contribution in [0, 0.1) is 0 Å². The lowest BCUT2D eigenvalue weighted by Crippen LogP contribution is -2.33. The normalized spacial score (nSPS) is 22.5. The molecule has 0 radical (unpaired) electrons. The van der Waals surface area contributed by atoms with Gasteiger partial charge in [0.25, 0.3) is 0 Å². The molecule has 1 aromatic heterocycles. The Labute approximate surface area is 77.2 Å². The van der Waals surface area contributed by atoms with E-state index in [1.54, 1.807) is 12.4 Å². The number of hydrogen-bond donors (Lipinski definition) is 1. The summed E-state index contributed by atoms with van der Waals surface area (Å²) in [5, 5.41) is 2.87. The molecule has 0 spiro atoms. The number of nitrogens with one attached hydrogen (secondary N) is 1. The van der Waals surface area contributed by atoms with Crippen LogP contribution in [0.5, 0.6) is 0 Å². The van der Waals surface area contributed by atoms with Crippen LogP contribution in [-0.2, 0) is 4.79 Å². The molecule has 3 nitrogen and oxygen atoms in total. The molecule has 13 heavy (non-hydrogen) atoms.